The predicted octanol–water partition coefficient (Wildman–Crippen LogP) is 7.14. The molecule has 0 N–H and O–H groups in total. The van der Waals surface area contributed by atoms with Crippen LogP contribution in [0.15, 0.2) is 82.7 Å². The Kier molecular flexibility index (Phi) is 6.89. The molecule has 2 unspecified atom stereocenters. The van der Waals surface area contributed by atoms with Crippen molar-refractivity contribution in [2.45, 2.75) is 51.7 Å². The Morgan fingerprint density at radius 1 is 0.972 bits per heavy atom. The molecule has 0 aliphatic carbocycles. The molecule has 5 nitrogen and oxygen atoms in total. The van der Waals surface area contributed by atoms with Crippen molar-refractivity contribution in [3.05, 3.63) is 102 Å². The fraction of sp³-hybridized carbons (Fsp3) is 0.276. The number of rotatable bonds is 8. The maximum Gasteiger partial charge on any atom is 0.225 e. The lowest BCUT2D eigenvalue weighted by molar-refractivity contribution is 0.481. The lowest BCUT2D eigenvalue weighted by Gasteiger charge is -2.27. The summed E-state index contributed by atoms with van der Waals surface area (Å²) >= 11 is 0. The number of aliphatic imine (C=N–C) groups is 1. The minimum Gasteiger partial charge on any atom is -0.467 e. The summed E-state index contributed by atoms with van der Waals surface area (Å²) in [6, 6.07) is 16.0. The predicted molar refractivity (Wildman–Crippen MR) is 137 cm³/mol. The zero-order valence-corrected chi connectivity index (χ0v) is 20.4. The van der Waals surface area contributed by atoms with Crippen LogP contribution < -0.4 is 4.90 Å². The third kappa shape index (κ3) is 4.91. The molecule has 2 aromatic heterocycles. The molecule has 1 aliphatic rings. The van der Waals surface area contributed by atoms with Crippen molar-refractivity contribution < 1.29 is 13.2 Å². The molecule has 0 bridgehead atoms. The molecule has 1 aliphatic heterocycles. The van der Waals surface area contributed by atoms with Gasteiger partial charge < -0.3 is 9.32 Å². The monoisotopic (exact) mass is 486 g/mol. The van der Waals surface area contributed by atoms with E-state index < -0.39 is 11.6 Å². The number of benzene rings is 2. The van der Waals surface area contributed by atoms with E-state index in [4.69, 9.17) is 4.42 Å². The van der Waals surface area contributed by atoms with Gasteiger partial charge in [0.15, 0.2) is 0 Å². The van der Waals surface area contributed by atoms with E-state index in [9.17, 15) is 8.78 Å². The Morgan fingerprint density at radius 2 is 1.69 bits per heavy atom. The number of furan rings is 1. The number of halogens is 2. The van der Waals surface area contributed by atoms with Crippen LogP contribution in [0.2, 0.25) is 0 Å². The number of aromatic nitrogens is 2. The lowest BCUT2D eigenvalue weighted by atomic mass is 10.0. The molecule has 0 radical (unpaired) electrons. The van der Waals surface area contributed by atoms with Crippen LogP contribution in [0.1, 0.15) is 56.0 Å². The van der Waals surface area contributed by atoms with Gasteiger partial charge in [0.25, 0.3) is 0 Å². The summed E-state index contributed by atoms with van der Waals surface area (Å²) in [5, 5.41) is 0. The summed E-state index contributed by atoms with van der Waals surface area (Å²) in [4.78, 5) is 16.1. The molecule has 36 heavy (non-hydrogen) atoms. The van der Waals surface area contributed by atoms with Crippen LogP contribution in [0.4, 0.5) is 14.7 Å². The van der Waals surface area contributed by atoms with E-state index in [1.165, 1.54) is 18.2 Å². The van der Waals surface area contributed by atoms with Crippen molar-refractivity contribution in [3.8, 4) is 11.1 Å². The summed E-state index contributed by atoms with van der Waals surface area (Å²) in [5.74, 6) is 0.400. The Morgan fingerprint density at radius 3 is 2.33 bits per heavy atom. The van der Waals surface area contributed by atoms with Gasteiger partial charge in [-0.3, -0.25) is 4.99 Å². The SMILES string of the molecule is CCC(C)N(Cc1ccco1)c1ncc(-c2ccc(C3CCC(c4c(F)cccc4F)=N3)cc2)cn1. The van der Waals surface area contributed by atoms with Gasteiger partial charge >= 0.3 is 0 Å². The summed E-state index contributed by atoms with van der Waals surface area (Å²) in [7, 11) is 0. The molecular weight excluding hydrogens is 458 g/mol. The molecule has 4 aromatic rings. The topological polar surface area (TPSA) is 54.5 Å². The van der Waals surface area contributed by atoms with E-state index in [0.29, 0.717) is 24.6 Å². The quantitative estimate of drug-likeness (QED) is 0.266. The molecule has 0 amide bonds. The lowest BCUT2D eigenvalue weighted by Crippen LogP contribution is -2.33. The Balaban J connectivity index is 1.32. The van der Waals surface area contributed by atoms with Gasteiger partial charge in [0.2, 0.25) is 5.95 Å². The van der Waals surface area contributed by atoms with Crippen molar-refractivity contribution in [2.75, 3.05) is 4.90 Å². The van der Waals surface area contributed by atoms with Crippen LogP contribution >= 0.6 is 0 Å². The standard InChI is InChI=1S/C29H28F2N4O/c1-3-19(2)35(18-23-6-5-15-36-23)29-32-16-22(17-33-29)20-9-11-21(12-10-20)26-13-14-27(34-26)28-24(30)7-4-8-25(28)31/h4-12,15-17,19,26H,3,13-14,18H2,1-2H3. The second kappa shape index (κ2) is 10.4. The number of hydrogen-bond donors (Lipinski definition) is 0. The van der Waals surface area contributed by atoms with Gasteiger partial charge in [-0.15, -0.1) is 0 Å². The molecule has 2 aromatic carbocycles. The zero-order chi connectivity index (χ0) is 25.1. The summed E-state index contributed by atoms with van der Waals surface area (Å²) in [6.45, 7) is 4.90. The maximum atomic E-state index is 14.2. The molecule has 5 rings (SSSR count). The number of anilines is 1. The van der Waals surface area contributed by atoms with Crippen LogP contribution in [0.3, 0.4) is 0 Å². The highest BCUT2D eigenvalue weighted by Crippen LogP contribution is 2.33. The summed E-state index contributed by atoms with van der Waals surface area (Å²) < 4.78 is 33.9. The first-order valence-corrected chi connectivity index (χ1v) is 12.3. The highest BCUT2D eigenvalue weighted by Gasteiger charge is 2.24. The normalized spacial score (nSPS) is 16.1. The van der Waals surface area contributed by atoms with E-state index in [1.807, 2.05) is 48.8 Å². The summed E-state index contributed by atoms with van der Waals surface area (Å²) in [5.41, 5.74) is 3.41. The van der Waals surface area contributed by atoms with E-state index >= 15 is 0 Å². The van der Waals surface area contributed by atoms with Crippen LogP contribution in [-0.4, -0.2) is 21.7 Å². The van der Waals surface area contributed by atoms with E-state index in [2.05, 4.69) is 33.7 Å². The zero-order valence-electron chi connectivity index (χ0n) is 20.4. The van der Waals surface area contributed by atoms with Gasteiger partial charge in [0.05, 0.1) is 24.4 Å². The van der Waals surface area contributed by atoms with Crippen LogP contribution in [-0.2, 0) is 6.54 Å². The van der Waals surface area contributed by atoms with Crippen molar-refractivity contribution in [1.29, 1.82) is 0 Å². The molecule has 0 spiro atoms. The molecule has 3 heterocycles. The van der Waals surface area contributed by atoms with Gasteiger partial charge in [-0.2, -0.15) is 0 Å². The largest absolute Gasteiger partial charge is 0.467 e. The third-order valence-electron chi connectivity index (χ3n) is 6.77. The third-order valence-corrected chi connectivity index (χ3v) is 6.77. The summed E-state index contributed by atoms with van der Waals surface area (Å²) in [6.07, 6.45) is 7.57. The fourth-order valence-electron chi connectivity index (χ4n) is 4.53. The van der Waals surface area contributed by atoms with E-state index in [-0.39, 0.29) is 17.6 Å². The average molecular weight is 487 g/mol. The minimum atomic E-state index is -0.566. The first-order valence-electron chi connectivity index (χ1n) is 12.3. The Hall–Kier alpha value is -3.87. The Bertz CT molecular complexity index is 1310. The maximum absolute atomic E-state index is 14.2. The average Bonchev–Trinajstić information content (AvgIpc) is 3.60. The molecule has 7 heteroatoms. The van der Waals surface area contributed by atoms with Crippen molar-refractivity contribution in [3.63, 3.8) is 0 Å². The molecule has 0 saturated heterocycles. The van der Waals surface area contributed by atoms with Crippen molar-refractivity contribution in [1.82, 2.24) is 9.97 Å². The van der Waals surface area contributed by atoms with Crippen LogP contribution in [0, 0.1) is 11.6 Å². The van der Waals surface area contributed by atoms with Gasteiger partial charge in [-0.1, -0.05) is 37.3 Å². The van der Waals surface area contributed by atoms with Crippen LogP contribution in [0.25, 0.3) is 11.1 Å². The molecule has 184 valence electrons. The smallest absolute Gasteiger partial charge is 0.225 e. The first-order chi connectivity index (χ1) is 17.5. The molecule has 2 atom stereocenters. The van der Waals surface area contributed by atoms with Gasteiger partial charge in [0.1, 0.15) is 17.4 Å². The fourth-order valence-corrected chi connectivity index (χ4v) is 4.53. The first kappa shape index (κ1) is 23.9. The molecule has 0 fully saturated rings. The highest BCUT2D eigenvalue weighted by molar-refractivity contribution is 6.02. The number of nitrogens with zero attached hydrogens (tertiary/aromatic N) is 4. The van der Waals surface area contributed by atoms with E-state index in [1.54, 1.807) is 6.26 Å². The van der Waals surface area contributed by atoms with Crippen molar-refractivity contribution in [2.24, 2.45) is 4.99 Å². The van der Waals surface area contributed by atoms with E-state index in [0.717, 1.165) is 35.3 Å². The molecule has 0 saturated carbocycles. The van der Waals surface area contributed by atoms with Crippen molar-refractivity contribution >= 4 is 11.7 Å². The second-order valence-electron chi connectivity index (χ2n) is 9.09. The van der Waals surface area contributed by atoms with Crippen LogP contribution in [0.5, 0.6) is 0 Å². The van der Waals surface area contributed by atoms with Gasteiger partial charge in [-0.05, 0) is 61.6 Å². The number of hydrogen-bond acceptors (Lipinski definition) is 5. The van der Waals surface area contributed by atoms with Gasteiger partial charge in [0, 0.05) is 29.7 Å². The second-order valence-corrected chi connectivity index (χ2v) is 9.09. The highest BCUT2D eigenvalue weighted by atomic mass is 19.1. The molecular formula is C29H28F2N4O. The van der Waals surface area contributed by atoms with Gasteiger partial charge in [-0.25, -0.2) is 18.7 Å². The minimum absolute atomic E-state index is 0.00709. The Labute approximate surface area is 209 Å².